The molecule has 4 rings (SSSR count). The maximum atomic E-state index is 14.3. The number of benzene rings is 1. The molecule has 0 bridgehead atoms. The molecule has 0 unspecified atom stereocenters. The Morgan fingerprint density at radius 2 is 1.31 bits per heavy atom. The van der Waals surface area contributed by atoms with E-state index in [1.807, 2.05) is 6.07 Å². The van der Waals surface area contributed by atoms with Crippen molar-refractivity contribution in [3.8, 4) is 5.88 Å². The fourth-order valence-corrected chi connectivity index (χ4v) is 5.85. The molecule has 32 heavy (non-hydrogen) atoms. The number of fused-ring (bicyclic) bond motifs is 1. The second kappa shape index (κ2) is 8.71. The first-order valence-electron chi connectivity index (χ1n) is 11.1. The lowest BCUT2D eigenvalue weighted by Crippen LogP contribution is -2.60. The van der Waals surface area contributed by atoms with Gasteiger partial charge in [0, 0.05) is 0 Å². The van der Waals surface area contributed by atoms with E-state index in [0.717, 1.165) is 0 Å². The number of halogens is 6. The van der Waals surface area contributed by atoms with Crippen molar-refractivity contribution < 1.29 is 31.1 Å². The minimum absolute atomic E-state index is 0.0254. The molecule has 0 aliphatic heterocycles. The summed E-state index contributed by atoms with van der Waals surface area (Å²) in [4.78, 5) is 8.27. The van der Waals surface area contributed by atoms with Crippen LogP contribution in [-0.2, 0) is 0 Å². The highest BCUT2D eigenvalue weighted by Gasteiger charge is 2.76. The lowest BCUT2D eigenvalue weighted by atomic mass is 9.57. The first-order chi connectivity index (χ1) is 15.1. The molecule has 176 valence electrons. The van der Waals surface area contributed by atoms with Gasteiger partial charge in [-0.05, 0) is 62.5 Å². The summed E-state index contributed by atoms with van der Waals surface area (Å²) in [5, 5.41) is 0.666. The van der Waals surface area contributed by atoms with Gasteiger partial charge in [0.15, 0.2) is 5.41 Å². The average molecular weight is 460 g/mol. The van der Waals surface area contributed by atoms with Gasteiger partial charge in [-0.2, -0.15) is 26.3 Å². The number of hydrogen-bond acceptors (Lipinski definition) is 3. The zero-order valence-electron chi connectivity index (χ0n) is 17.6. The Morgan fingerprint density at radius 3 is 1.94 bits per heavy atom. The molecule has 0 saturated heterocycles. The molecule has 3 nitrogen and oxygen atoms in total. The summed E-state index contributed by atoms with van der Waals surface area (Å²) in [5.41, 5.74) is -2.98. The van der Waals surface area contributed by atoms with E-state index in [1.54, 1.807) is 18.2 Å². The van der Waals surface area contributed by atoms with Crippen LogP contribution in [0.2, 0.25) is 0 Å². The topological polar surface area (TPSA) is 35.0 Å². The second-order valence-corrected chi connectivity index (χ2v) is 8.99. The predicted octanol–water partition coefficient (Wildman–Crippen LogP) is 7.26. The minimum atomic E-state index is -5.34. The van der Waals surface area contributed by atoms with Crippen molar-refractivity contribution in [2.24, 2.45) is 17.3 Å². The Balaban J connectivity index is 1.56. The van der Waals surface area contributed by atoms with Crippen molar-refractivity contribution >= 4 is 10.9 Å². The van der Waals surface area contributed by atoms with Crippen LogP contribution in [0.3, 0.4) is 0 Å². The fraction of sp³-hybridized carbons (Fsp3) is 0.652. The molecule has 0 N–H and O–H groups in total. The van der Waals surface area contributed by atoms with Crippen molar-refractivity contribution in [2.45, 2.75) is 76.2 Å². The van der Waals surface area contributed by atoms with Crippen molar-refractivity contribution in [1.82, 2.24) is 9.97 Å². The Kier molecular flexibility index (Phi) is 6.29. The molecule has 9 heteroatoms. The van der Waals surface area contributed by atoms with Crippen molar-refractivity contribution in [2.75, 3.05) is 0 Å². The SMILES string of the molecule is FC(F)(F)C(C1CCCCC1)([C@H]1CC[C@@H](Oc2ncnc3ccccc23)CC1)C(F)(F)F. The maximum Gasteiger partial charge on any atom is 0.403 e. The smallest absolute Gasteiger partial charge is 0.403 e. The van der Waals surface area contributed by atoms with Gasteiger partial charge in [0.25, 0.3) is 0 Å². The van der Waals surface area contributed by atoms with Gasteiger partial charge in [-0.15, -0.1) is 0 Å². The Hall–Kier alpha value is -2.06. The van der Waals surface area contributed by atoms with E-state index in [0.29, 0.717) is 36.0 Å². The van der Waals surface area contributed by atoms with Crippen molar-refractivity contribution in [1.29, 1.82) is 0 Å². The average Bonchev–Trinajstić information content (AvgIpc) is 2.74. The molecule has 0 amide bonds. The molecule has 0 radical (unpaired) electrons. The normalized spacial score (nSPS) is 23.9. The molecular weight excluding hydrogens is 434 g/mol. The molecule has 2 fully saturated rings. The van der Waals surface area contributed by atoms with Gasteiger partial charge in [0.2, 0.25) is 5.88 Å². The van der Waals surface area contributed by atoms with E-state index in [-0.39, 0.29) is 38.5 Å². The summed E-state index contributed by atoms with van der Waals surface area (Å²) in [6, 6.07) is 7.16. The Labute approximate surface area is 182 Å². The first-order valence-corrected chi connectivity index (χ1v) is 11.1. The number of ether oxygens (including phenoxy) is 1. The number of rotatable bonds is 4. The Morgan fingerprint density at radius 1 is 0.719 bits per heavy atom. The second-order valence-electron chi connectivity index (χ2n) is 8.99. The van der Waals surface area contributed by atoms with Crippen LogP contribution in [0.25, 0.3) is 10.9 Å². The van der Waals surface area contributed by atoms with Gasteiger partial charge in [-0.1, -0.05) is 31.4 Å². The van der Waals surface area contributed by atoms with Crippen LogP contribution >= 0.6 is 0 Å². The van der Waals surface area contributed by atoms with E-state index in [4.69, 9.17) is 4.74 Å². The van der Waals surface area contributed by atoms with Crippen LogP contribution in [0.1, 0.15) is 57.8 Å². The number of nitrogens with zero attached hydrogens (tertiary/aromatic N) is 2. The van der Waals surface area contributed by atoms with Crippen molar-refractivity contribution in [3.05, 3.63) is 30.6 Å². The quantitative estimate of drug-likeness (QED) is 0.451. The number of para-hydroxylation sites is 1. The van der Waals surface area contributed by atoms with Crippen LogP contribution in [0.4, 0.5) is 26.3 Å². The highest BCUT2D eigenvalue weighted by molar-refractivity contribution is 5.82. The summed E-state index contributed by atoms with van der Waals surface area (Å²) in [5.74, 6) is -2.60. The summed E-state index contributed by atoms with van der Waals surface area (Å²) >= 11 is 0. The van der Waals surface area contributed by atoms with Gasteiger partial charge in [0.1, 0.15) is 12.4 Å². The highest BCUT2D eigenvalue weighted by Crippen LogP contribution is 2.64. The highest BCUT2D eigenvalue weighted by atomic mass is 19.4. The van der Waals surface area contributed by atoms with Gasteiger partial charge in [-0.25, -0.2) is 9.97 Å². The zero-order chi connectivity index (χ0) is 23.0. The Bertz CT molecular complexity index is 895. The molecule has 1 aromatic heterocycles. The van der Waals surface area contributed by atoms with E-state index in [1.165, 1.54) is 6.33 Å². The molecule has 0 spiro atoms. The standard InChI is InChI=1S/C23H26F6N2O/c24-22(25,26)21(23(27,28)29,15-6-2-1-3-7-15)16-10-12-17(13-11-16)32-20-18-8-4-5-9-19(18)30-14-31-20/h4-5,8-9,14-17H,1-3,6-7,10-13H2/t16-,17+. The summed E-state index contributed by atoms with van der Waals surface area (Å²) in [7, 11) is 0. The fourth-order valence-electron chi connectivity index (χ4n) is 5.85. The van der Waals surface area contributed by atoms with E-state index in [9.17, 15) is 26.3 Å². The minimum Gasteiger partial charge on any atom is -0.474 e. The van der Waals surface area contributed by atoms with Crippen LogP contribution in [-0.4, -0.2) is 28.4 Å². The van der Waals surface area contributed by atoms with Crippen LogP contribution in [0.5, 0.6) is 5.88 Å². The van der Waals surface area contributed by atoms with Crippen LogP contribution < -0.4 is 4.74 Å². The third kappa shape index (κ3) is 4.03. The summed E-state index contributed by atoms with van der Waals surface area (Å²) in [6.07, 6.45) is -8.45. The summed E-state index contributed by atoms with van der Waals surface area (Å²) < 4.78 is 91.7. The molecule has 1 aromatic carbocycles. The number of alkyl halides is 6. The molecule has 0 atom stereocenters. The third-order valence-electron chi connectivity index (χ3n) is 7.29. The van der Waals surface area contributed by atoms with Crippen LogP contribution in [0.15, 0.2) is 30.6 Å². The molecule has 2 aromatic rings. The molecule has 1 heterocycles. The number of hydrogen-bond donors (Lipinski definition) is 0. The van der Waals surface area contributed by atoms with Gasteiger partial charge >= 0.3 is 12.4 Å². The summed E-state index contributed by atoms with van der Waals surface area (Å²) in [6.45, 7) is 0. The lowest BCUT2D eigenvalue weighted by molar-refractivity contribution is -0.382. The first kappa shape index (κ1) is 23.1. The maximum absolute atomic E-state index is 14.3. The number of aromatic nitrogens is 2. The monoisotopic (exact) mass is 460 g/mol. The van der Waals surface area contributed by atoms with E-state index >= 15 is 0 Å². The molecular formula is C23H26F6N2O. The molecule has 2 aliphatic carbocycles. The zero-order valence-corrected chi connectivity index (χ0v) is 17.6. The largest absolute Gasteiger partial charge is 0.474 e. The molecule has 2 saturated carbocycles. The third-order valence-corrected chi connectivity index (χ3v) is 7.29. The van der Waals surface area contributed by atoms with Gasteiger partial charge in [0.05, 0.1) is 10.9 Å². The van der Waals surface area contributed by atoms with Crippen molar-refractivity contribution in [3.63, 3.8) is 0 Å². The van der Waals surface area contributed by atoms with Gasteiger partial charge in [-0.3, -0.25) is 0 Å². The van der Waals surface area contributed by atoms with E-state index in [2.05, 4.69) is 9.97 Å². The molecule has 2 aliphatic rings. The van der Waals surface area contributed by atoms with E-state index < -0.39 is 35.7 Å². The lowest BCUT2D eigenvalue weighted by Gasteiger charge is -2.50. The van der Waals surface area contributed by atoms with Crippen LogP contribution in [0, 0.1) is 17.3 Å². The van der Waals surface area contributed by atoms with Gasteiger partial charge < -0.3 is 4.74 Å². The predicted molar refractivity (Wildman–Crippen MR) is 107 cm³/mol.